The summed E-state index contributed by atoms with van der Waals surface area (Å²) in [7, 11) is 0. The van der Waals surface area contributed by atoms with Gasteiger partial charge in [-0.2, -0.15) is 0 Å². The van der Waals surface area contributed by atoms with Gasteiger partial charge in [0.1, 0.15) is 0 Å². The lowest BCUT2D eigenvalue weighted by molar-refractivity contribution is -0.0304. The molecule has 170 valence electrons. The predicted octanol–water partition coefficient (Wildman–Crippen LogP) is 6.81. The first-order chi connectivity index (χ1) is 16.2. The summed E-state index contributed by atoms with van der Waals surface area (Å²) in [5.74, 6) is -0.00138. The van der Waals surface area contributed by atoms with Crippen LogP contribution in [0.2, 0.25) is 0 Å². The third-order valence-corrected chi connectivity index (χ3v) is 5.50. The third kappa shape index (κ3) is 8.30. The van der Waals surface area contributed by atoms with Gasteiger partial charge < -0.3 is 9.47 Å². The van der Waals surface area contributed by atoms with Gasteiger partial charge in [-0.3, -0.25) is 4.79 Å². The highest BCUT2D eigenvalue weighted by molar-refractivity contribution is 6.04. The molecule has 3 heteroatoms. The van der Waals surface area contributed by atoms with Crippen molar-refractivity contribution in [1.29, 1.82) is 0 Å². The van der Waals surface area contributed by atoms with Gasteiger partial charge in [-0.1, -0.05) is 103 Å². The Labute approximate surface area is 197 Å². The number of rotatable bonds is 14. The van der Waals surface area contributed by atoms with Gasteiger partial charge in [-0.15, -0.1) is 6.58 Å². The molecule has 0 unspecified atom stereocenters. The van der Waals surface area contributed by atoms with E-state index in [9.17, 15) is 4.79 Å². The molecular weight excluding hydrogens is 408 g/mol. The lowest BCUT2D eigenvalue weighted by Gasteiger charge is -2.31. The van der Waals surface area contributed by atoms with E-state index in [1.165, 1.54) is 0 Å². The van der Waals surface area contributed by atoms with Crippen LogP contribution >= 0.6 is 0 Å². The summed E-state index contributed by atoms with van der Waals surface area (Å²) >= 11 is 0. The van der Waals surface area contributed by atoms with Crippen LogP contribution in [-0.4, -0.2) is 19.0 Å². The lowest BCUT2D eigenvalue weighted by Crippen LogP contribution is -2.32. The predicted molar refractivity (Wildman–Crippen MR) is 134 cm³/mol. The number of benzene rings is 3. The van der Waals surface area contributed by atoms with Crippen molar-refractivity contribution in [2.75, 3.05) is 13.2 Å². The van der Waals surface area contributed by atoms with Crippen molar-refractivity contribution in [2.45, 2.75) is 26.1 Å². The summed E-state index contributed by atoms with van der Waals surface area (Å²) in [5, 5.41) is 0. The highest BCUT2D eigenvalue weighted by Crippen LogP contribution is 2.30. The zero-order valence-electron chi connectivity index (χ0n) is 19.1. The molecule has 0 saturated heterocycles. The van der Waals surface area contributed by atoms with Crippen LogP contribution in [0.25, 0.3) is 0 Å². The molecule has 0 aliphatic heterocycles. The first kappa shape index (κ1) is 24.4. The van der Waals surface area contributed by atoms with Gasteiger partial charge in [-0.25, -0.2) is 0 Å². The molecule has 0 fully saturated rings. The number of hydrogen-bond acceptors (Lipinski definition) is 3. The van der Waals surface area contributed by atoms with E-state index in [4.69, 9.17) is 9.47 Å². The number of ether oxygens (including phenoxy) is 2. The Bertz CT molecular complexity index is 949. The van der Waals surface area contributed by atoms with Crippen molar-refractivity contribution in [2.24, 2.45) is 5.41 Å². The molecule has 0 N–H and O–H groups in total. The fourth-order valence-electron chi connectivity index (χ4n) is 3.70. The molecule has 3 rings (SSSR count). The lowest BCUT2D eigenvalue weighted by atomic mass is 9.82. The molecule has 0 aromatic heterocycles. The molecule has 0 amide bonds. The molecule has 0 spiro atoms. The van der Waals surface area contributed by atoms with E-state index in [1.807, 2.05) is 78.9 Å². The van der Waals surface area contributed by atoms with Gasteiger partial charge in [0, 0.05) is 11.0 Å². The van der Waals surface area contributed by atoms with Crippen LogP contribution in [0.5, 0.6) is 0 Å². The zero-order chi connectivity index (χ0) is 23.2. The van der Waals surface area contributed by atoms with Crippen LogP contribution < -0.4 is 0 Å². The second kappa shape index (κ2) is 13.3. The first-order valence-electron chi connectivity index (χ1n) is 11.3. The molecule has 33 heavy (non-hydrogen) atoms. The average Bonchev–Trinajstić information content (AvgIpc) is 2.86. The molecule has 0 aliphatic rings. The number of hydrogen-bond donors (Lipinski definition) is 0. The second-order valence-corrected chi connectivity index (χ2v) is 8.29. The smallest absolute Gasteiger partial charge is 0.185 e. The Morgan fingerprint density at radius 2 is 1.21 bits per heavy atom. The highest BCUT2D eigenvalue weighted by Gasteiger charge is 2.29. The summed E-state index contributed by atoms with van der Waals surface area (Å²) in [6.07, 6.45) is 6.88. The van der Waals surface area contributed by atoms with E-state index in [1.54, 1.807) is 6.08 Å². The van der Waals surface area contributed by atoms with E-state index in [0.29, 0.717) is 38.4 Å². The van der Waals surface area contributed by atoms with E-state index < -0.39 is 0 Å². The SMILES string of the molecule is C=CCC(C/C=C/C(=O)c1ccccc1)(COCc1ccccc1)COCc1ccccc1. The molecular formula is C30H32O3. The number of allylic oxidation sites excluding steroid dienone is 3. The molecule has 0 atom stereocenters. The quantitative estimate of drug-likeness (QED) is 0.157. The van der Waals surface area contributed by atoms with Crippen LogP contribution in [0.15, 0.2) is 116 Å². The fraction of sp³-hybridized carbons (Fsp3) is 0.233. The Balaban J connectivity index is 1.67. The maximum absolute atomic E-state index is 12.5. The normalized spacial score (nSPS) is 11.5. The third-order valence-electron chi connectivity index (χ3n) is 5.50. The van der Waals surface area contributed by atoms with E-state index in [-0.39, 0.29) is 11.2 Å². The maximum Gasteiger partial charge on any atom is 0.185 e. The molecule has 0 radical (unpaired) electrons. The largest absolute Gasteiger partial charge is 0.376 e. The van der Waals surface area contributed by atoms with Crippen molar-refractivity contribution in [3.63, 3.8) is 0 Å². The number of carbonyl (C=O) groups excluding carboxylic acids is 1. The molecule has 3 aromatic carbocycles. The van der Waals surface area contributed by atoms with Gasteiger partial charge in [-0.05, 0) is 30.0 Å². The molecule has 0 saturated carbocycles. The van der Waals surface area contributed by atoms with E-state index >= 15 is 0 Å². The molecule has 3 nitrogen and oxygen atoms in total. The zero-order valence-corrected chi connectivity index (χ0v) is 19.1. The van der Waals surface area contributed by atoms with Crippen molar-refractivity contribution < 1.29 is 14.3 Å². The number of ketones is 1. The minimum Gasteiger partial charge on any atom is -0.376 e. The maximum atomic E-state index is 12.5. The van der Waals surface area contributed by atoms with Crippen molar-refractivity contribution in [3.05, 3.63) is 132 Å². The summed E-state index contributed by atoms with van der Waals surface area (Å²) in [6, 6.07) is 29.6. The summed E-state index contributed by atoms with van der Waals surface area (Å²) in [4.78, 5) is 12.5. The molecule has 0 heterocycles. The van der Waals surface area contributed by atoms with Crippen LogP contribution in [0.1, 0.15) is 34.3 Å². The Kier molecular flexibility index (Phi) is 9.84. The van der Waals surface area contributed by atoms with Crippen molar-refractivity contribution in [1.82, 2.24) is 0 Å². The van der Waals surface area contributed by atoms with Crippen LogP contribution in [-0.2, 0) is 22.7 Å². The monoisotopic (exact) mass is 440 g/mol. The Morgan fingerprint density at radius 1 is 0.727 bits per heavy atom. The molecule has 3 aromatic rings. The second-order valence-electron chi connectivity index (χ2n) is 8.29. The van der Waals surface area contributed by atoms with Gasteiger partial charge >= 0.3 is 0 Å². The minimum absolute atomic E-state index is 0.00138. The van der Waals surface area contributed by atoms with Crippen molar-refractivity contribution >= 4 is 5.78 Å². The van der Waals surface area contributed by atoms with Gasteiger partial charge in [0.05, 0.1) is 26.4 Å². The fourth-order valence-corrected chi connectivity index (χ4v) is 3.70. The van der Waals surface area contributed by atoms with E-state index in [2.05, 4.69) is 30.8 Å². The highest BCUT2D eigenvalue weighted by atomic mass is 16.5. The standard InChI is InChI=1S/C30H32O3/c1-2-20-30(24-32-22-26-13-6-3-7-14-26,25-33-23-27-15-8-4-9-16-27)21-12-19-29(31)28-17-10-5-11-18-28/h2-19H,1,20-25H2/b19-12+. The topological polar surface area (TPSA) is 35.5 Å². The van der Waals surface area contributed by atoms with Crippen LogP contribution in [0, 0.1) is 5.41 Å². The Morgan fingerprint density at radius 3 is 1.70 bits per heavy atom. The summed E-state index contributed by atoms with van der Waals surface area (Å²) < 4.78 is 12.3. The number of carbonyl (C=O) groups is 1. The Hall–Kier alpha value is -3.27. The summed E-state index contributed by atoms with van der Waals surface area (Å²) in [6.45, 7) is 6.05. The van der Waals surface area contributed by atoms with Crippen LogP contribution in [0.4, 0.5) is 0 Å². The van der Waals surface area contributed by atoms with Crippen molar-refractivity contribution in [3.8, 4) is 0 Å². The molecule has 0 bridgehead atoms. The minimum atomic E-state index is -0.307. The first-order valence-corrected chi connectivity index (χ1v) is 11.3. The van der Waals surface area contributed by atoms with Gasteiger partial charge in [0.2, 0.25) is 0 Å². The molecule has 0 aliphatic carbocycles. The van der Waals surface area contributed by atoms with Gasteiger partial charge in [0.25, 0.3) is 0 Å². The summed E-state index contributed by atoms with van der Waals surface area (Å²) in [5.41, 5.74) is 2.64. The van der Waals surface area contributed by atoms with Gasteiger partial charge in [0.15, 0.2) is 5.78 Å². The van der Waals surface area contributed by atoms with E-state index in [0.717, 1.165) is 17.5 Å². The average molecular weight is 441 g/mol. The van der Waals surface area contributed by atoms with Crippen LogP contribution in [0.3, 0.4) is 0 Å².